The van der Waals surface area contributed by atoms with Crippen LogP contribution in [0.15, 0.2) is 82.5 Å². The van der Waals surface area contributed by atoms with Crippen molar-refractivity contribution in [2.75, 3.05) is 20.2 Å². The molecule has 0 aliphatic carbocycles. The van der Waals surface area contributed by atoms with Gasteiger partial charge in [0.05, 0.1) is 18.4 Å². The molecular weight excluding hydrogens is 442 g/mol. The molecule has 2 aromatic carbocycles. The maximum atomic E-state index is 14.0. The number of likely N-dealkylation sites (tertiary alicyclic amines) is 1. The summed E-state index contributed by atoms with van der Waals surface area (Å²) in [6.45, 7) is 1.75. The summed E-state index contributed by atoms with van der Waals surface area (Å²) in [6.07, 6.45) is 2.61. The fraction of sp³-hybridized carbons (Fsp3) is 0.250. The van der Waals surface area contributed by atoms with Gasteiger partial charge in [0.1, 0.15) is 5.75 Å². The van der Waals surface area contributed by atoms with E-state index in [2.05, 4.69) is 0 Å². The number of aromatic nitrogens is 2. The van der Waals surface area contributed by atoms with Crippen LogP contribution in [0.25, 0.3) is 16.5 Å². The molecule has 2 aliphatic rings. The highest BCUT2D eigenvalue weighted by Crippen LogP contribution is 2.36. The molecule has 7 heteroatoms. The Morgan fingerprint density at radius 1 is 0.886 bits per heavy atom. The van der Waals surface area contributed by atoms with Crippen LogP contribution in [0, 0.1) is 5.92 Å². The first kappa shape index (κ1) is 21.4. The SMILES string of the molecule is COc1ccccc1-n1cc(C(=O)N2CC3CC(C2)c2cccc(=O)n2C3)c2ccccc2c1=O. The number of nitrogens with zero attached hydrogens (tertiary/aromatic N) is 3. The first-order valence-electron chi connectivity index (χ1n) is 11.8. The molecule has 2 atom stereocenters. The van der Waals surface area contributed by atoms with E-state index >= 15 is 0 Å². The molecule has 7 nitrogen and oxygen atoms in total. The number of hydrogen-bond donors (Lipinski definition) is 0. The quantitative estimate of drug-likeness (QED) is 0.463. The smallest absolute Gasteiger partial charge is 0.263 e. The van der Waals surface area contributed by atoms with E-state index in [1.54, 1.807) is 37.6 Å². The summed E-state index contributed by atoms with van der Waals surface area (Å²) >= 11 is 0. The van der Waals surface area contributed by atoms with Crippen molar-refractivity contribution in [2.45, 2.75) is 18.9 Å². The number of carbonyl (C=O) groups is 1. The fourth-order valence-electron chi connectivity index (χ4n) is 5.70. The minimum atomic E-state index is -0.203. The highest BCUT2D eigenvalue weighted by molar-refractivity contribution is 6.06. The second kappa shape index (κ2) is 8.27. The molecule has 0 spiro atoms. The van der Waals surface area contributed by atoms with Crippen molar-refractivity contribution in [1.82, 2.24) is 14.0 Å². The second-order valence-electron chi connectivity index (χ2n) is 9.34. The predicted octanol–water partition coefficient (Wildman–Crippen LogP) is 3.42. The number of piperidine rings is 1. The predicted molar refractivity (Wildman–Crippen MR) is 134 cm³/mol. The van der Waals surface area contributed by atoms with Crippen molar-refractivity contribution in [3.63, 3.8) is 0 Å². The van der Waals surface area contributed by atoms with Crippen LogP contribution < -0.4 is 15.9 Å². The monoisotopic (exact) mass is 467 g/mol. The van der Waals surface area contributed by atoms with E-state index < -0.39 is 0 Å². The molecule has 35 heavy (non-hydrogen) atoms. The Bertz CT molecular complexity index is 1590. The summed E-state index contributed by atoms with van der Waals surface area (Å²) in [6, 6.07) is 19.9. The third-order valence-corrected chi connectivity index (χ3v) is 7.27. The van der Waals surface area contributed by atoms with Crippen LogP contribution >= 0.6 is 0 Å². The number of amides is 1. The molecule has 0 radical (unpaired) electrons. The van der Waals surface area contributed by atoms with Gasteiger partial charge in [-0.05, 0) is 36.6 Å². The average Bonchev–Trinajstić information content (AvgIpc) is 2.89. The lowest BCUT2D eigenvalue weighted by Gasteiger charge is -2.42. The highest BCUT2D eigenvalue weighted by Gasteiger charge is 2.37. The van der Waals surface area contributed by atoms with E-state index in [0.717, 1.165) is 12.1 Å². The van der Waals surface area contributed by atoms with E-state index in [-0.39, 0.29) is 28.9 Å². The van der Waals surface area contributed by atoms with Crippen LogP contribution in [-0.4, -0.2) is 40.1 Å². The van der Waals surface area contributed by atoms with Crippen LogP contribution in [0.3, 0.4) is 0 Å². The van der Waals surface area contributed by atoms with E-state index in [4.69, 9.17) is 4.74 Å². The Morgan fingerprint density at radius 3 is 2.49 bits per heavy atom. The lowest BCUT2D eigenvalue weighted by Crippen LogP contribution is -2.49. The standard InChI is InChI=1S/C28H25N3O4/c1-35-25-11-5-4-9-24(25)31-17-22(20-7-2-3-8-21(20)28(31)34)27(33)29-14-18-13-19(16-29)23-10-6-12-26(32)30(23)15-18/h2-12,17-19H,13-16H2,1H3. The molecule has 6 rings (SSSR count). The molecule has 0 N–H and O–H groups in total. The Morgan fingerprint density at radius 2 is 1.66 bits per heavy atom. The van der Waals surface area contributed by atoms with Gasteiger partial charge < -0.3 is 14.2 Å². The lowest BCUT2D eigenvalue weighted by molar-refractivity contribution is 0.0596. The number of hydrogen-bond acceptors (Lipinski definition) is 4. The third kappa shape index (κ3) is 3.46. The molecule has 1 fully saturated rings. The minimum absolute atomic E-state index is 0.0202. The molecule has 2 bridgehead atoms. The normalized spacial score (nSPS) is 18.8. The largest absolute Gasteiger partial charge is 0.495 e. The van der Waals surface area contributed by atoms with Gasteiger partial charge in [-0.15, -0.1) is 0 Å². The number of rotatable bonds is 3. The molecule has 176 valence electrons. The Balaban J connectivity index is 1.46. The van der Waals surface area contributed by atoms with Gasteiger partial charge in [-0.1, -0.05) is 36.4 Å². The van der Waals surface area contributed by atoms with E-state index in [0.29, 0.717) is 47.4 Å². The molecule has 4 heterocycles. The van der Waals surface area contributed by atoms with Crippen LogP contribution in [0.1, 0.15) is 28.4 Å². The van der Waals surface area contributed by atoms with Crippen molar-refractivity contribution < 1.29 is 9.53 Å². The number of pyridine rings is 2. The zero-order valence-corrected chi connectivity index (χ0v) is 19.4. The number of methoxy groups -OCH3 is 1. The van der Waals surface area contributed by atoms with Gasteiger partial charge in [0.25, 0.3) is 17.0 Å². The second-order valence-corrected chi connectivity index (χ2v) is 9.34. The Kier molecular flexibility index (Phi) is 5.06. The van der Waals surface area contributed by atoms with Gasteiger partial charge in [-0.3, -0.25) is 19.0 Å². The average molecular weight is 468 g/mol. The van der Waals surface area contributed by atoms with Crippen LogP contribution in [-0.2, 0) is 6.54 Å². The van der Waals surface area contributed by atoms with Crippen molar-refractivity contribution in [2.24, 2.45) is 5.92 Å². The highest BCUT2D eigenvalue weighted by atomic mass is 16.5. The number of para-hydroxylation sites is 2. The fourth-order valence-corrected chi connectivity index (χ4v) is 5.70. The molecule has 2 unspecified atom stereocenters. The van der Waals surface area contributed by atoms with Gasteiger partial charge >= 0.3 is 0 Å². The zero-order chi connectivity index (χ0) is 24.1. The minimum Gasteiger partial charge on any atom is -0.495 e. The van der Waals surface area contributed by atoms with Crippen molar-refractivity contribution in [3.8, 4) is 11.4 Å². The first-order valence-corrected chi connectivity index (χ1v) is 11.8. The summed E-state index contributed by atoms with van der Waals surface area (Å²) < 4.78 is 8.86. The summed E-state index contributed by atoms with van der Waals surface area (Å²) in [7, 11) is 1.56. The molecular formula is C28H25N3O4. The molecule has 2 aliphatic heterocycles. The Labute approximate surface area is 201 Å². The van der Waals surface area contributed by atoms with Gasteiger partial charge in [-0.2, -0.15) is 0 Å². The summed E-state index contributed by atoms with van der Waals surface area (Å²) in [5, 5.41) is 1.12. The molecule has 2 aromatic heterocycles. The van der Waals surface area contributed by atoms with Gasteiger partial charge in [0.2, 0.25) is 0 Å². The molecule has 4 aromatic rings. The number of fused-ring (bicyclic) bond motifs is 5. The lowest BCUT2D eigenvalue weighted by atomic mass is 9.83. The maximum Gasteiger partial charge on any atom is 0.263 e. The van der Waals surface area contributed by atoms with Crippen molar-refractivity contribution >= 4 is 16.7 Å². The van der Waals surface area contributed by atoms with E-state index in [1.807, 2.05) is 51.9 Å². The van der Waals surface area contributed by atoms with Crippen LogP contribution in [0.2, 0.25) is 0 Å². The summed E-state index contributed by atoms with van der Waals surface area (Å²) in [4.78, 5) is 41.7. The van der Waals surface area contributed by atoms with Gasteiger partial charge in [0.15, 0.2) is 0 Å². The third-order valence-electron chi connectivity index (χ3n) is 7.27. The topological polar surface area (TPSA) is 73.5 Å². The van der Waals surface area contributed by atoms with Gasteiger partial charge in [0, 0.05) is 54.3 Å². The summed E-state index contributed by atoms with van der Waals surface area (Å²) in [5.74, 6) is 0.785. The number of benzene rings is 2. The Hall–Kier alpha value is -4.13. The maximum absolute atomic E-state index is 14.0. The molecule has 1 saturated heterocycles. The van der Waals surface area contributed by atoms with Gasteiger partial charge in [-0.25, -0.2) is 0 Å². The van der Waals surface area contributed by atoms with Crippen molar-refractivity contribution in [1.29, 1.82) is 0 Å². The first-order chi connectivity index (χ1) is 17.0. The zero-order valence-electron chi connectivity index (χ0n) is 19.4. The van der Waals surface area contributed by atoms with Crippen molar-refractivity contribution in [3.05, 3.63) is 105 Å². The molecule has 1 amide bonds. The summed E-state index contributed by atoms with van der Waals surface area (Å²) in [5.41, 5.74) is 1.88. The van der Waals surface area contributed by atoms with E-state index in [9.17, 15) is 14.4 Å². The van der Waals surface area contributed by atoms with Crippen LogP contribution in [0.4, 0.5) is 0 Å². The van der Waals surface area contributed by atoms with Crippen LogP contribution in [0.5, 0.6) is 5.75 Å². The number of ether oxygens (including phenoxy) is 1. The van der Waals surface area contributed by atoms with E-state index in [1.165, 1.54) is 4.57 Å². The molecule has 0 saturated carbocycles. The number of carbonyl (C=O) groups excluding carboxylic acids is 1.